The van der Waals surface area contributed by atoms with Gasteiger partial charge in [0.15, 0.2) is 5.75 Å². The number of nitro groups is 1. The number of amides is 2. The molecule has 2 amide bonds. The number of nitro benzene ring substituents is 1. The summed E-state index contributed by atoms with van der Waals surface area (Å²) in [6.45, 7) is 2.14. The molecule has 0 unspecified atom stereocenters. The third-order valence-electron chi connectivity index (χ3n) is 3.78. The van der Waals surface area contributed by atoms with Gasteiger partial charge in [0, 0.05) is 30.3 Å². The van der Waals surface area contributed by atoms with Gasteiger partial charge in [0.25, 0.3) is 5.91 Å². The minimum atomic E-state index is -0.599. The van der Waals surface area contributed by atoms with Gasteiger partial charge in [-0.05, 0) is 36.2 Å². The van der Waals surface area contributed by atoms with E-state index < -0.39 is 10.8 Å². The Kier molecular flexibility index (Phi) is 6.87. The Morgan fingerprint density at radius 2 is 1.96 bits per heavy atom. The largest absolute Gasteiger partial charge is 0.490 e. The first-order chi connectivity index (χ1) is 12.9. The monoisotopic (exact) mass is 371 g/mol. The maximum absolute atomic E-state index is 12.3. The molecule has 0 heterocycles. The van der Waals surface area contributed by atoms with Crippen molar-refractivity contribution in [3.05, 3.63) is 63.7 Å². The first-order valence-corrected chi connectivity index (χ1v) is 8.44. The van der Waals surface area contributed by atoms with E-state index in [0.29, 0.717) is 12.1 Å². The zero-order valence-electron chi connectivity index (χ0n) is 15.2. The number of carbonyl (C=O) groups excluding carboxylic acids is 2. The lowest BCUT2D eigenvalue weighted by Crippen LogP contribution is -2.23. The lowest BCUT2D eigenvalue weighted by atomic mass is 10.1. The molecule has 27 heavy (non-hydrogen) atoms. The summed E-state index contributed by atoms with van der Waals surface area (Å²) in [6.07, 6.45) is 1.20. The molecule has 0 aromatic heterocycles. The minimum Gasteiger partial charge on any atom is -0.490 e. The van der Waals surface area contributed by atoms with E-state index in [2.05, 4.69) is 10.6 Å². The van der Waals surface area contributed by atoms with Crippen LogP contribution < -0.4 is 15.4 Å². The van der Waals surface area contributed by atoms with Crippen LogP contribution >= 0.6 is 0 Å². The molecule has 0 fully saturated rings. The summed E-state index contributed by atoms with van der Waals surface area (Å²) in [5, 5.41) is 16.6. The Bertz CT molecular complexity index is 851. The van der Waals surface area contributed by atoms with Crippen molar-refractivity contribution in [1.29, 1.82) is 0 Å². The van der Waals surface area contributed by atoms with E-state index in [1.54, 1.807) is 18.2 Å². The summed E-state index contributed by atoms with van der Waals surface area (Å²) >= 11 is 0. The van der Waals surface area contributed by atoms with Crippen LogP contribution in [0.1, 0.15) is 35.7 Å². The summed E-state index contributed by atoms with van der Waals surface area (Å²) < 4.78 is 4.92. The van der Waals surface area contributed by atoms with Crippen LogP contribution in [0.3, 0.4) is 0 Å². The lowest BCUT2D eigenvalue weighted by molar-refractivity contribution is -0.385. The number of hydrogen-bond donors (Lipinski definition) is 2. The summed E-state index contributed by atoms with van der Waals surface area (Å²) in [6, 6.07) is 11.2. The molecule has 0 spiro atoms. The molecule has 0 radical (unpaired) electrons. The van der Waals surface area contributed by atoms with Gasteiger partial charge in [-0.1, -0.05) is 19.1 Å². The van der Waals surface area contributed by atoms with Gasteiger partial charge in [0.2, 0.25) is 5.91 Å². The van der Waals surface area contributed by atoms with Crippen molar-refractivity contribution in [3.63, 3.8) is 0 Å². The maximum Gasteiger partial charge on any atom is 0.311 e. The molecule has 0 saturated heterocycles. The number of hydrogen-bond acceptors (Lipinski definition) is 5. The standard InChI is InChI=1S/C19H21N3O5/c1-3-5-18(23)21-15-7-4-6-13(10-15)12-20-19(24)14-8-9-17(27-2)16(11-14)22(25)26/h4,6-11H,3,5,12H2,1-2H3,(H,20,24)(H,21,23). The number of nitrogens with zero attached hydrogens (tertiary/aromatic N) is 1. The second-order valence-electron chi connectivity index (χ2n) is 5.82. The summed E-state index contributed by atoms with van der Waals surface area (Å²) in [5.74, 6) is -0.419. The number of ether oxygens (including phenoxy) is 1. The van der Waals surface area contributed by atoms with E-state index in [1.807, 2.05) is 13.0 Å². The van der Waals surface area contributed by atoms with Gasteiger partial charge in [0.1, 0.15) is 0 Å². The second-order valence-corrected chi connectivity index (χ2v) is 5.82. The van der Waals surface area contributed by atoms with E-state index in [4.69, 9.17) is 4.74 Å². The average molecular weight is 371 g/mol. The highest BCUT2D eigenvalue weighted by atomic mass is 16.6. The molecule has 142 valence electrons. The van der Waals surface area contributed by atoms with Crippen LogP contribution in [0, 0.1) is 10.1 Å². The van der Waals surface area contributed by atoms with Crippen molar-refractivity contribution in [3.8, 4) is 5.75 Å². The smallest absolute Gasteiger partial charge is 0.311 e. The minimum absolute atomic E-state index is 0.0655. The Hall–Kier alpha value is -3.42. The quantitative estimate of drug-likeness (QED) is 0.546. The highest BCUT2D eigenvalue weighted by molar-refractivity contribution is 5.95. The van der Waals surface area contributed by atoms with Crippen molar-refractivity contribution in [2.75, 3.05) is 12.4 Å². The number of benzene rings is 2. The fourth-order valence-electron chi connectivity index (χ4n) is 2.47. The highest BCUT2D eigenvalue weighted by Gasteiger charge is 2.18. The molecular formula is C19H21N3O5. The predicted molar refractivity (Wildman–Crippen MR) is 101 cm³/mol. The van der Waals surface area contributed by atoms with Gasteiger partial charge in [-0.2, -0.15) is 0 Å². The van der Waals surface area contributed by atoms with Crippen molar-refractivity contribution in [2.24, 2.45) is 0 Å². The van der Waals surface area contributed by atoms with Crippen LogP contribution in [0.4, 0.5) is 11.4 Å². The van der Waals surface area contributed by atoms with Crippen LogP contribution in [0.15, 0.2) is 42.5 Å². The Morgan fingerprint density at radius 1 is 1.19 bits per heavy atom. The SMILES string of the molecule is CCCC(=O)Nc1cccc(CNC(=O)c2ccc(OC)c([N+](=O)[O-])c2)c1. The maximum atomic E-state index is 12.3. The van der Waals surface area contributed by atoms with Crippen LogP contribution in [-0.2, 0) is 11.3 Å². The van der Waals surface area contributed by atoms with Crippen LogP contribution in [0.25, 0.3) is 0 Å². The first kappa shape index (κ1) is 19.9. The van der Waals surface area contributed by atoms with Gasteiger partial charge in [0.05, 0.1) is 12.0 Å². The van der Waals surface area contributed by atoms with E-state index in [9.17, 15) is 19.7 Å². The molecule has 0 saturated carbocycles. The number of methoxy groups -OCH3 is 1. The van der Waals surface area contributed by atoms with Crippen LogP contribution in [0.5, 0.6) is 5.75 Å². The molecule has 0 aliphatic rings. The molecule has 2 aromatic carbocycles. The Labute approximate surface area is 156 Å². The van der Waals surface area contributed by atoms with Gasteiger partial charge in [-0.25, -0.2) is 0 Å². The molecule has 2 aromatic rings. The fourth-order valence-corrected chi connectivity index (χ4v) is 2.47. The topological polar surface area (TPSA) is 111 Å². The van der Waals surface area contributed by atoms with E-state index in [0.717, 1.165) is 12.0 Å². The van der Waals surface area contributed by atoms with E-state index in [-0.39, 0.29) is 29.5 Å². The molecular weight excluding hydrogens is 350 g/mol. The number of carbonyl (C=O) groups is 2. The molecule has 2 rings (SSSR count). The normalized spacial score (nSPS) is 10.1. The molecule has 0 aliphatic carbocycles. The molecule has 0 bridgehead atoms. The summed E-state index contributed by atoms with van der Waals surface area (Å²) in [7, 11) is 1.33. The molecule has 8 heteroatoms. The third-order valence-corrected chi connectivity index (χ3v) is 3.78. The lowest BCUT2D eigenvalue weighted by Gasteiger charge is -2.09. The van der Waals surface area contributed by atoms with Crippen LogP contribution in [-0.4, -0.2) is 23.8 Å². The van der Waals surface area contributed by atoms with Crippen molar-refractivity contribution >= 4 is 23.2 Å². The molecule has 8 nitrogen and oxygen atoms in total. The van der Waals surface area contributed by atoms with E-state index in [1.165, 1.54) is 25.3 Å². The molecule has 0 atom stereocenters. The second kappa shape index (κ2) is 9.33. The van der Waals surface area contributed by atoms with Gasteiger partial charge in [-0.15, -0.1) is 0 Å². The van der Waals surface area contributed by atoms with Gasteiger partial charge in [-0.3, -0.25) is 19.7 Å². The molecule has 2 N–H and O–H groups in total. The summed E-state index contributed by atoms with van der Waals surface area (Å²) in [5.41, 5.74) is 1.33. The van der Waals surface area contributed by atoms with E-state index >= 15 is 0 Å². The fraction of sp³-hybridized carbons (Fsp3) is 0.263. The zero-order valence-corrected chi connectivity index (χ0v) is 15.2. The third kappa shape index (κ3) is 5.53. The van der Waals surface area contributed by atoms with Crippen molar-refractivity contribution in [2.45, 2.75) is 26.3 Å². The van der Waals surface area contributed by atoms with Gasteiger partial charge >= 0.3 is 5.69 Å². The first-order valence-electron chi connectivity index (χ1n) is 8.44. The zero-order chi connectivity index (χ0) is 19.8. The Balaban J connectivity index is 2.04. The number of nitrogens with one attached hydrogen (secondary N) is 2. The predicted octanol–water partition coefficient (Wildman–Crippen LogP) is 3.27. The van der Waals surface area contributed by atoms with Crippen molar-refractivity contribution < 1.29 is 19.2 Å². The Morgan fingerprint density at radius 3 is 2.63 bits per heavy atom. The average Bonchev–Trinajstić information content (AvgIpc) is 2.66. The highest BCUT2D eigenvalue weighted by Crippen LogP contribution is 2.27. The number of rotatable bonds is 8. The number of anilines is 1. The molecule has 0 aliphatic heterocycles. The van der Waals surface area contributed by atoms with Gasteiger partial charge < -0.3 is 15.4 Å². The van der Waals surface area contributed by atoms with Crippen molar-refractivity contribution in [1.82, 2.24) is 5.32 Å². The summed E-state index contributed by atoms with van der Waals surface area (Å²) in [4.78, 5) is 34.4. The van der Waals surface area contributed by atoms with Crippen LogP contribution in [0.2, 0.25) is 0 Å².